The van der Waals surface area contributed by atoms with Crippen molar-refractivity contribution in [2.75, 3.05) is 26.7 Å². The van der Waals surface area contributed by atoms with Crippen LogP contribution in [-0.4, -0.2) is 49.6 Å². The molecule has 1 aliphatic heterocycles. The largest absolute Gasteiger partial charge is 0.355 e. The van der Waals surface area contributed by atoms with Gasteiger partial charge in [0, 0.05) is 25.7 Å². The van der Waals surface area contributed by atoms with Crippen molar-refractivity contribution >= 4 is 29.9 Å². The zero-order valence-electron chi connectivity index (χ0n) is 14.5. The Morgan fingerprint density at radius 1 is 1.05 bits per heavy atom. The summed E-state index contributed by atoms with van der Waals surface area (Å²) in [4.78, 5) is 6.97. The molecule has 1 fully saturated rings. The Bertz CT molecular complexity index is 284. The highest BCUT2D eigenvalue weighted by molar-refractivity contribution is 14.0. The molecule has 1 heterocycles. The molecule has 0 aromatic carbocycles. The summed E-state index contributed by atoms with van der Waals surface area (Å²) in [6.45, 7) is 12.4. The maximum Gasteiger partial charge on any atom is 0.191 e. The quantitative estimate of drug-likeness (QED) is 0.416. The van der Waals surface area contributed by atoms with E-state index in [4.69, 9.17) is 0 Å². The van der Waals surface area contributed by atoms with E-state index in [0.717, 1.165) is 12.5 Å². The van der Waals surface area contributed by atoms with E-state index in [9.17, 15) is 0 Å². The minimum Gasteiger partial charge on any atom is -0.355 e. The SMILES string of the molecule is CN=C(NCC(C(C)C)N1CCCCCC1)NC(C)C.I. The third-order valence-corrected chi connectivity index (χ3v) is 4.01. The van der Waals surface area contributed by atoms with Crippen LogP contribution in [0.2, 0.25) is 0 Å². The van der Waals surface area contributed by atoms with Gasteiger partial charge < -0.3 is 10.6 Å². The van der Waals surface area contributed by atoms with E-state index in [1.807, 2.05) is 7.05 Å². The summed E-state index contributed by atoms with van der Waals surface area (Å²) in [6, 6.07) is 1.01. The van der Waals surface area contributed by atoms with Crippen molar-refractivity contribution in [3.63, 3.8) is 0 Å². The summed E-state index contributed by atoms with van der Waals surface area (Å²) in [5.74, 6) is 1.58. The van der Waals surface area contributed by atoms with Gasteiger partial charge in [-0.3, -0.25) is 9.89 Å². The molecule has 4 nitrogen and oxygen atoms in total. The van der Waals surface area contributed by atoms with Crippen molar-refractivity contribution in [1.29, 1.82) is 0 Å². The average Bonchev–Trinajstić information content (AvgIpc) is 2.65. The molecule has 1 aliphatic rings. The van der Waals surface area contributed by atoms with E-state index >= 15 is 0 Å². The third-order valence-electron chi connectivity index (χ3n) is 4.01. The minimum absolute atomic E-state index is 0. The number of hydrogen-bond acceptors (Lipinski definition) is 2. The smallest absolute Gasteiger partial charge is 0.191 e. The molecule has 0 spiro atoms. The molecule has 0 aromatic rings. The first-order chi connectivity index (χ1) is 9.54. The summed E-state index contributed by atoms with van der Waals surface area (Å²) in [6.07, 6.45) is 5.49. The van der Waals surface area contributed by atoms with Crippen LogP contribution < -0.4 is 10.6 Å². The topological polar surface area (TPSA) is 39.7 Å². The first-order valence-electron chi connectivity index (χ1n) is 8.25. The number of hydrogen-bond donors (Lipinski definition) is 2. The van der Waals surface area contributed by atoms with Gasteiger partial charge in [0.25, 0.3) is 0 Å². The van der Waals surface area contributed by atoms with Crippen LogP contribution in [0.4, 0.5) is 0 Å². The molecule has 0 saturated carbocycles. The first-order valence-corrected chi connectivity index (χ1v) is 8.25. The molecule has 0 aromatic heterocycles. The Balaban J connectivity index is 0.00000400. The van der Waals surface area contributed by atoms with Gasteiger partial charge in [0.1, 0.15) is 0 Å². The molecule has 0 amide bonds. The van der Waals surface area contributed by atoms with Crippen molar-refractivity contribution in [2.45, 2.75) is 65.5 Å². The van der Waals surface area contributed by atoms with Crippen molar-refractivity contribution in [3.05, 3.63) is 0 Å². The van der Waals surface area contributed by atoms with Gasteiger partial charge in [-0.2, -0.15) is 0 Å². The molecule has 21 heavy (non-hydrogen) atoms. The van der Waals surface area contributed by atoms with E-state index in [1.165, 1.54) is 38.8 Å². The van der Waals surface area contributed by atoms with E-state index in [1.54, 1.807) is 0 Å². The Kier molecular flexibility index (Phi) is 11.5. The molecular weight excluding hydrogens is 375 g/mol. The fourth-order valence-electron chi connectivity index (χ4n) is 2.88. The van der Waals surface area contributed by atoms with Crippen LogP contribution in [0.15, 0.2) is 4.99 Å². The Morgan fingerprint density at radius 3 is 2.05 bits per heavy atom. The highest BCUT2D eigenvalue weighted by atomic mass is 127. The van der Waals surface area contributed by atoms with Gasteiger partial charge in [0.15, 0.2) is 5.96 Å². The number of halogens is 1. The van der Waals surface area contributed by atoms with Crippen LogP contribution in [0, 0.1) is 5.92 Å². The molecule has 5 heteroatoms. The van der Waals surface area contributed by atoms with E-state index in [2.05, 4.69) is 48.2 Å². The van der Waals surface area contributed by atoms with Crippen LogP contribution in [0.25, 0.3) is 0 Å². The number of guanidine groups is 1. The van der Waals surface area contributed by atoms with Gasteiger partial charge in [-0.15, -0.1) is 24.0 Å². The maximum absolute atomic E-state index is 4.30. The maximum atomic E-state index is 4.30. The van der Waals surface area contributed by atoms with Crippen molar-refractivity contribution in [1.82, 2.24) is 15.5 Å². The standard InChI is InChI=1S/C16H34N4.HI/c1-13(2)15(20-10-8-6-7-9-11-20)12-18-16(17-5)19-14(3)4;/h13-15H,6-12H2,1-5H3,(H2,17,18,19);1H. The number of likely N-dealkylation sites (tertiary alicyclic amines) is 1. The van der Waals surface area contributed by atoms with E-state index < -0.39 is 0 Å². The summed E-state index contributed by atoms with van der Waals surface area (Å²) in [7, 11) is 1.84. The lowest BCUT2D eigenvalue weighted by molar-refractivity contribution is 0.161. The normalized spacial score (nSPS) is 19.1. The van der Waals surface area contributed by atoms with Crippen LogP contribution >= 0.6 is 24.0 Å². The highest BCUT2D eigenvalue weighted by Crippen LogP contribution is 2.16. The Morgan fingerprint density at radius 2 is 1.62 bits per heavy atom. The lowest BCUT2D eigenvalue weighted by atomic mass is 10.0. The molecular formula is C16H35IN4. The van der Waals surface area contributed by atoms with Gasteiger partial charge in [-0.1, -0.05) is 26.7 Å². The number of aliphatic imine (C=N–C) groups is 1. The second-order valence-corrected chi connectivity index (χ2v) is 6.51. The van der Waals surface area contributed by atoms with Gasteiger partial charge in [0.05, 0.1) is 0 Å². The van der Waals surface area contributed by atoms with Crippen molar-refractivity contribution in [3.8, 4) is 0 Å². The molecule has 1 rings (SSSR count). The predicted octanol–water partition coefficient (Wildman–Crippen LogP) is 3.08. The first kappa shape index (κ1) is 21.0. The second kappa shape index (κ2) is 11.5. The van der Waals surface area contributed by atoms with Crippen LogP contribution in [0.1, 0.15) is 53.4 Å². The molecule has 1 unspecified atom stereocenters. The summed E-state index contributed by atoms with van der Waals surface area (Å²) < 4.78 is 0. The monoisotopic (exact) mass is 410 g/mol. The van der Waals surface area contributed by atoms with Gasteiger partial charge in [0.2, 0.25) is 0 Å². The third kappa shape index (κ3) is 8.24. The fraction of sp³-hybridized carbons (Fsp3) is 0.938. The minimum atomic E-state index is 0. The molecule has 2 N–H and O–H groups in total. The summed E-state index contributed by atoms with van der Waals surface area (Å²) in [5.41, 5.74) is 0. The Hall–Kier alpha value is -0.0400. The number of rotatable bonds is 5. The van der Waals surface area contributed by atoms with Crippen LogP contribution in [-0.2, 0) is 0 Å². The van der Waals surface area contributed by atoms with Crippen LogP contribution in [0.5, 0.6) is 0 Å². The van der Waals surface area contributed by atoms with Crippen LogP contribution in [0.3, 0.4) is 0 Å². The van der Waals surface area contributed by atoms with E-state index in [-0.39, 0.29) is 24.0 Å². The molecule has 0 radical (unpaired) electrons. The molecule has 1 saturated heterocycles. The van der Waals surface area contributed by atoms with Gasteiger partial charge in [-0.05, 0) is 45.7 Å². The predicted molar refractivity (Wildman–Crippen MR) is 104 cm³/mol. The van der Waals surface area contributed by atoms with E-state index in [0.29, 0.717) is 18.0 Å². The van der Waals surface area contributed by atoms with Gasteiger partial charge in [-0.25, -0.2) is 0 Å². The lowest BCUT2D eigenvalue weighted by Gasteiger charge is -2.34. The molecule has 0 aliphatic carbocycles. The van der Waals surface area contributed by atoms with Crippen molar-refractivity contribution < 1.29 is 0 Å². The molecule has 1 atom stereocenters. The fourth-order valence-corrected chi connectivity index (χ4v) is 2.88. The zero-order valence-corrected chi connectivity index (χ0v) is 16.8. The van der Waals surface area contributed by atoms with Crippen molar-refractivity contribution in [2.24, 2.45) is 10.9 Å². The number of nitrogens with one attached hydrogen (secondary N) is 2. The molecule has 126 valence electrons. The average molecular weight is 410 g/mol. The summed E-state index contributed by atoms with van der Waals surface area (Å²) in [5, 5.41) is 6.86. The zero-order chi connectivity index (χ0) is 15.0. The van der Waals surface area contributed by atoms with Gasteiger partial charge >= 0.3 is 0 Å². The molecule has 0 bridgehead atoms. The summed E-state index contributed by atoms with van der Waals surface area (Å²) >= 11 is 0. The second-order valence-electron chi connectivity index (χ2n) is 6.51. The highest BCUT2D eigenvalue weighted by Gasteiger charge is 2.22. The lowest BCUT2D eigenvalue weighted by Crippen LogP contribution is -2.50. The number of nitrogens with zero attached hydrogens (tertiary/aromatic N) is 2. The Labute approximate surface area is 148 Å².